The van der Waals surface area contributed by atoms with E-state index in [2.05, 4.69) is 10.0 Å². The molecule has 1 aromatic carbocycles. The van der Waals surface area contributed by atoms with Gasteiger partial charge in [-0.3, -0.25) is 0 Å². The number of rotatable bonds is 6. The van der Waals surface area contributed by atoms with Crippen molar-refractivity contribution in [1.29, 1.82) is 0 Å². The Morgan fingerprint density at radius 3 is 2.33 bits per heavy atom. The molecule has 0 heterocycles. The molecule has 0 spiro atoms. The summed E-state index contributed by atoms with van der Waals surface area (Å²) in [4.78, 5) is 0. The number of nitrogens with one attached hydrogen (secondary N) is 2. The van der Waals surface area contributed by atoms with Crippen molar-refractivity contribution in [3.8, 4) is 5.75 Å². The lowest BCUT2D eigenvalue weighted by molar-refractivity contribution is 0.395. The molecule has 0 unspecified atom stereocenters. The summed E-state index contributed by atoms with van der Waals surface area (Å²) in [7, 11) is -1.99. The SMILES string of the molecule is CNS(=O)(=O)CCNCc1cc(F)c(O)c(F)c1. The average molecular weight is 280 g/mol. The number of aromatic hydroxyl groups is 1. The van der Waals surface area contributed by atoms with Crippen LogP contribution in [0.4, 0.5) is 8.78 Å². The van der Waals surface area contributed by atoms with Crippen LogP contribution in [0, 0.1) is 11.6 Å². The predicted octanol–water partition coefficient (Wildman–Crippen LogP) is 0.309. The number of hydrogen-bond acceptors (Lipinski definition) is 4. The minimum absolute atomic E-state index is 0.105. The summed E-state index contributed by atoms with van der Waals surface area (Å²) in [5.41, 5.74) is 0.282. The van der Waals surface area contributed by atoms with Gasteiger partial charge in [0.2, 0.25) is 10.0 Å². The zero-order valence-corrected chi connectivity index (χ0v) is 10.5. The first-order valence-electron chi connectivity index (χ1n) is 5.14. The standard InChI is InChI=1S/C10H14F2N2O3S/c1-13-18(16,17)3-2-14-6-7-4-8(11)10(15)9(12)5-7/h4-5,13-15H,2-3,6H2,1H3. The van der Waals surface area contributed by atoms with Crippen molar-refractivity contribution in [3.63, 3.8) is 0 Å². The Kier molecular flexibility index (Phi) is 5.00. The molecule has 0 aromatic heterocycles. The van der Waals surface area contributed by atoms with E-state index in [1.807, 2.05) is 0 Å². The normalized spacial score (nSPS) is 11.7. The number of hydrogen-bond donors (Lipinski definition) is 3. The highest BCUT2D eigenvalue weighted by molar-refractivity contribution is 7.89. The number of sulfonamides is 1. The van der Waals surface area contributed by atoms with Gasteiger partial charge in [-0.25, -0.2) is 21.9 Å². The van der Waals surface area contributed by atoms with Crippen molar-refractivity contribution in [1.82, 2.24) is 10.0 Å². The molecule has 0 fully saturated rings. The van der Waals surface area contributed by atoms with Crippen LogP contribution in [0.25, 0.3) is 0 Å². The van der Waals surface area contributed by atoms with Gasteiger partial charge in [0.15, 0.2) is 17.4 Å². The molecular formula is C10H14F2N2O3S. The maximum atomic E-state index is 13.0. The van der Waals surface area contributed by atoms with Crippen LogP contribution in [-0.4, -0.2) is 32.9 Å². The molecule has 18 heavy (non-hydrogen) atoms. The van der Waals surface area contributed by atoms with Crippen LogP contribution in [0.5, 0.6) is 5.75 Å². The second-order valence-electron chi connectivity index (χ2n) is 3.61. The molecule has 0 amide bonds. The molecule has 0 aliphatic carbocycles. The minimum atomic E-state index is -3.30. The first kappa shape index (κ1) is 14.8. The van der Waals surface area contributed by atoms with Crippen LogP contribution in [-0.2, 0) is 16.6 Å². The van der Waals surface area contributed by atoms with Gasteiger partial charge in [0, 0.05) is 13.1 Å². The van der Waals surface area contributed by atoms with E-state index in [4.69, 9.17) is 5.11 Å². The molecule has 3 N–H and O–H groups in total. The number of phenolic OH excluding ortho intramolecular Hbond substituents is 1. The molecule has 0 bridgehead atoms. The fraction of sp³-hybridized carbons (Fsp3) is 0.400. The van der Waals surface area contributed by atoms with Gasteiger partial charge in [0.25, 0.3) is 0 Å². The number of halogens is 2. The summed E-state index contributed by atoms with van der Waals surface area (Å²) in [5, 5.41) is 11.6. The molecule has 1 rings (SSSR count). The molecule has 0 aliphatic rings. The Bertz CT molecular complexity index is 497. The third-order valence-corrected chi connectivity index (χ3v) is 3.63. The second kappa shape index (κ2) is 6.07. The van der Waals surface area contributed by atoms with Crippen molar-refractivity contribution in [2.45, 2.75) is 6.54 Å². The molecular weight excluding hydrogens is 266 g/mol. The van der Waals surface area contributed by atoms with E-state index >= 15 is 0 Å². The Morgan fingerprint density at radius 1 is 1.28 bits per heavy atom. The van der Waals surface area contributed by atoms with E-state index < -0.39 is 27.4 Å². The van der Waals surface area contributed by atoms with Crippen LogP contribution in [0.2, 0.25) is 0 Å². The molecule has 0 saturated carbocycles. The molecule has 0 saturated heterocycles. The summed E-state index contributed by atoms with van der Waals surface area (Å²) in [6, 6.07) is 1.97. The monoisotopic (exact) mass is 280 g/mol. The van der Waals surface area contributed by atoms with E-state index in [1.54, 1.807) is 0 Å². The second-order valence-corrected chi connectivity index (χ2v) is 5.65. The maximum Gasteiger partial charge on any atom is 0.212 e. The van der Waals surface area contributed by atoms with Crippen molar-refractivity contribution < 1.29 is 22.3 Å². The van der Waals surface area contributed by atoms with Crippen molar-refractivity contribution >= 4 is 10.0 Å². The van der Waals surface area contributed by atoms with Crippen molar-refractivity contribution in [3.05, 3.63) is 29.3 Å². The summed E-state index contributed by atoms with van der Waals surface area (Å²) >= 11 is 0. The topological polar surface area (TPSA) is 78.4 Å². The van der Waals surface area contributed by atoms with E-state index in [1.165, 1.54) is 7.05 Å². The lowest BCUT2D eigenvalue weighted by atomic mass is 10.2. The van der Waals surface area contributed by atoms with Crippen LogP contribution in [0.15, 0.2) is 12.1 Å². The number of phenols is 1. The summed E-state index contributed by atoms with van der Waals surface area (Å²) in [5.74, 6) is -3.24. The average Bonchev–Trinajstić information content (AvgIpc) is 2.31. The maximum absolute atomic E-state index is 13.0. The van der Waals surface area contributed by atoms with Crippen LogP contribution < -0.4 is 10.0 Å². The van der Waals surface area contributed by atoms with E-state index in [0.29, 0.717) is 0 Å². The fourth-order valence-corrected chi connectivity index (χ4v) is 1.88. The van der Waals surface area contributed by atoms with Crippen LogP contribution in [0.3, 0.4) is 0 Å². The van der Waals surface area contributed by atoms with Gasteiger partial charge >= 0.3 is 0 Å². The molecule has 1 aromatic rings. The molecule has 5 nitrogen and oxygen atoms in total. The predicted molar refractivity (Wildman–Crippen MR) is 62.6 cm³/mol. The van der Waals surface area contributed by atoms with Crippen molar-refractivity contribution in [2.75, 3.05) is 19.3 Å². The Labute approximate surface area is 104 Å². The van der Waals surface area contributed by atoms with Gasteiger partial charge in [0.1, 0.15) is 0 Å². The highest BCUT2D eigenvalue weighted by Crippen LogP contribution is 2.21. The first-order valence-corrected chi connectivity index (χ1v) is 6.80. The zero-order chi connectivity index (χ0) is 13.8. The third kappa shape index (κ3) is 4.21. The Hall–Kier alpha value is -1.25. The van der Waals surface area contributed by atoms with Crippen LogP contribution in [0.1, 0.15) is 5.56 Å². The molecule has 8 heteroatoms. The zero-order valence-electron chi connectivity index (χ0n) is 9.70. The fourth-order valence-electron chi connectivity index (χ4n) is 1.26. The first-order chi connectivity index (χ1) is 8.35. The summed E-state index contributed by atoms with van der Waals surface area (Å²) < 4.78 is 50.2. The lowest BCUT2D eigenvalue weighted by Gasteiger charge is -2.06. The van der Waals surface area contributed by atoms with Gasteiger partial charge in [-0.05, 0) is 24.7 Å². The van der Waals surface area contributed by atoms with Gasteiger partial charge in [-0.1, -0.05) is 0 Å². The van der Waals surface area contributed by atoms with E-state index in [0.717, 1.165) is 12.1 Å². The van der Waals surface area contributed by atoms with Crippen LogP contribution >= 0.6 is 0 Å². The summed E-state index contributed by atoms with van der Waals surface area (Å²) in [6.07, 6.45) is 0. The largest absolute Gasteiger partial charge is 0.503 e. The van der Waals surface area contributed by atoms with E-state index in [9.17, 15) is 17.2 Å². The summed E-state index contributed by atoms with van der Waals surface area (Å²) in [6.45, 7) is 0.251. The molecule has 0 aliphatic heterocycles. The minimum Gasteiger partial charge on any atom is -0.503 e. The highest BCUT2D eigenvalue weighted by atomic mass is 32.2. The molecule has 0 radical (unpaired) electrons. The van der Waals surface area contributed by atoms with E-state index in [-0.39, 0.29) is 24.4 Å². The lowest BCUT2D eigenvalue weighted by Crippen LogP contribution is -2.29. The Balaban J connectivity index is 2.50. The number of benzene rings is 1. The third-order valence-electron chi connectivity index (χ3n) is 2.26. The van der Waals surface area contributed by atoms with Gasteiger partial charge < -0.3 is 10.4 Å². The van der Waals surface area contributed by atoms with Gasteiger partial charge in [0.05, 0.1) is 5.75 Å². The molecule has 0 atom stereocenters. The Morgan fingerprint density at radius 2 is 1.83 bits per heavy atom. The van der Waals surface area contributed by atoms with Gasteiger partial charge in [-0.2, -0.15) is 0 Å². The highest BCUT2D eigenvalue weighted by Gasteiger charge is 2.10. The molecule has 102 valence electrons. The quantitative estimate of drug-likeness (QED) is 0.655. The van der Waals surface area contributed by atoms with Crippen molar-refractivity contribution in [2.24, 2.45) is 0 Å². The van der Waals surface area contributed by atoms with Gasteiger partial charge in [-0.15, -0.1) is 0 Å². The smallest absolute Gasteiger partial charge is 0.212 e.